The van der Waals surface area contributed by atoms with Crippen molar-refractivity contribution in [3.63, 3.8) is 0 Å². The molecule has 1 aromatic carbocycles. The van der Waals surface area contributed by atoms with Gasteiger partial charge in [0.1, 0.15) is 5.54 Å². The highest BCUT2D eigenvalue weighted by molar-refractivity contribution is 5.30. The van der Waals surface area contributed by atoms with Crippen molar-refractivity contribution in [2.24, 2.45) is 5.73 Å². The smallest absolute Gasteiger partial charge is 0.190 e. The molecule has 0 saturated heterocycles. The maximum Gasteiger partial charge on any atom is 0.190 e. The van der Waals surface area contributed by atoms with E-state index in [1.54, 1.807) is 38.1 Å². The number of hydrogen-bond acceptors (Lipinski definition) is 5. The molecule has 0 aromatic heterocycles. The minimum Gasteiger partial charge on any atom is -0.364 e. The van der Waals surface area contributed by atoms with Gasteiger partial charge in [-0.05, 0) is 33.3 Å². The van der Waals surface area contributed by atoms with E-state index in [1.165, 1.54) is 13.8 Å². The van der Waals surface area contributed by atoms with Crippen LogP contribution in [0.3, 0.4) is 0 Å². The van der Waals surface area contributed by atoms with Gasteiger partial charge in [0.2, 0.25) is 0 Å². The van der Waals surface area contributed by atoms with Crippen molar-refractivity contribution in [3.05, 3.63) is 35.9 Å². The van der Waals surface area contributed by atoms with Crippen molar-refractivity contribution in [2.45, 2.75) is 44.8 Å². The van der Waals surface area contributed by atoms with Crippen LogP contribution in [0.25, 0.3) is 0 Å². The summed E-state index contributed by atoms with van der Waals surface area (Å²) in [7, 11) is 0. The molecule has 1 aromatic rings. The Hall–Kier alpha value is -0.980. The molecule has 0 radical (unpaired) electrons. The Kier molecular flexibility index (Phi) is 5.29. The average Bonchev–Trinajstić information content (AvgIpc) is 2.38. The van der Waals surface area contributed by atoms with Gasteiger partial charge < -0.3 is 25.4 Å². The first-order valence-electron chi connectivity index (χ1n) is 6.80. The summed E-state index contributed by atoms with van der Waals surface area (Å²) in [6.45, 7) is 6.85. The van der Waals surface area contributed by atoms with Crippen LogP contribution in [-0.4, -0.2) is 35.0 Å². The molecule has 0 fully saturated rings. The molecule has 0 bridgehead atoms. The van der Waals surface area contributed by atoms with Crippen LogP contribution in [0.2, 0.25) is 0 Å². The van der Waals surface area contributed by atoms with E-state index in [2.05, 4.69) is 0 Å². The molecular weight excluding hydrogens is 258 g/mol. The Balaban J connectivity index is 3.41. The number of rotatable bonds is 7. The van der Waals surface area contributed by atoms with Gasteiger partial charge in [-0.2, -0.15) is 0 Å². The topological polar surface area (TPSA) is 84.9 Å². The summed E-state index contributed by atoms with van der Waals surface area (Å²) in [6, 6.07) is 8.83. The number of hydrogen-bond donors (Lipinski definition) is 3. The zero-order valence-electron chi connectivity index (χ0n) is 12.6. The fourth-order valence-corrected chi connectivity index (χ4v) is 2.46. The average molecular weight is 283 g/mol. The molecule has 0 aliphatic rings. The number of aliphatic hydroxyl groups is 2. The summed E-state index contributed by atoms with van der Waals surface area (Å²) in [5.41, 5.74) is 5.28. The highest BCUT2D eigenvalue weighted by atomic mass is 16.7. The van der Waals surface area contributed by atoms with Crippen LogP contribution in [0.15, 0.2) is 30.3 Å². The molecule has 0 amide bonds. The summed E-state index contributed by atoms with van der Waals surface area (Å²) < 4.78 is 10.7. The van der Waals surface area contributed by atoms with Gasteiger partial charge in [0.05, 0.1) is 0 Å². The normalized spacial score (nSPS) is 20.8. The molecule has 0 spiro atoms. The van der Waals surface area contributed by atoms with E-state index in [-0.39, 0.29) is 13.2 Å². The first-order valence-corrected chi connectivity index (χ1v) is 6.80. The van der Waals surface area contributed by atoms with Crippen LogP contribution in [-0.2, 0) is 15.0 Å². The molecule has 114 valence electrons. The molecule has 0 saturated carbocycles. The van der Waals surface area contributed by atoms with Gasteiger partial charge in [-0.15, -0.1) is 0 Å². The van der Waals surface area contributed by atoms with Gasteiger partial charge >= 0.3 is 0 Å². The maximum atomic E-state index is 10.7. The van der Waals surface area contributed by atoms with Crippen molar-refractivity contribution >= 4 is 0 Å². The molecule has 2 unspecified atom stereocenters. The fourth-order valence-electron chi connectivity index (χ4n) is 2.46. The Morgan fingerprint density at radius 1 is 0.950 bits per heavy atom. The molecule has 2 atom stereocenters. The predicted molar refractivity (Wildman–Crippen MR) is 76.8 cm³/mol. The summed E-state index contributed by atoms with van der Waals surface area (Å²) in [5, 5.41) is 21.3. The quantitative estimate of drug-likeness (QED) is 0.657. The molecular formula is C15H25NO4. The lowest BCUT2D eigenvalue weighted by atomic mass is 9.76. The molecule has 1 rings (SSSR count). The lowest BCUT2D eigenvalue weighted by molar-refractivity contribution is -0.331. The van der Waals surface area contributed by atoms with Crippen LogP contribution in [0.1, 0.15) is 33.3 Å². The second kappa shape index (κ2) is 6.20. The summed E-state index contributed by atoms with van der Waals surface area (Å²) in [6.07, 6.45) is 0. The van der Waals surface area contributed by atoms with Crippen LogP contribution < -0.4 is 5.73 Å². The monoisotopic (exact) mass is 283 g/mol. The predicted octanol–water partition coefficient (Wildman–Crippen LogP) is 1.33. The number of ether oxygens (including phenoxy) is 2. The summed E-state index contributed by atoms with van der Waals surface area (Å²) >= 11 is 0. The van der Waals surface area contributed by atoms with Crippen molar-refractivity contribution in [2.75, 3.05) is 13.2 Å². The van der Waals surface area contributed by atoms with Crippen molar-refractivity contribution in [3.8, 4) is 0 Å². The fraction of sp³-hybridized carbons (Fsp3) is 0.600. The van der Waals surface area contributed by atoms with E-state index in [1.807, 2.05) is 6.07 Å². The molecule has 0 aliphatic carbocycles. The van der Waals surface area contributed by atoms with Gasteiger partial charge in [-0.25, -0.2) is 0 Å². The van der Waals surface area contributed by atoms with Crippen LogP contribution in [0.4, 0.5) is 0 Å². The third-order valence-electron chi connectivity index (χ3n) is 3.54. The number of nitrogens with two attached hydrogens (primary N) is 1. The van der Waals surface area contributed by atoms with E-state index >= 15 is 0 Å². The highest BCUT2D eigenvalue weighted by Gasteiger charge is 2.59. The maximum absolute atomic E-state index is 10.7. The minimum atomic E-state index is -1.80. The molecule has 0 heterocycles. The molecule has 4 N–H and O–H groups in total. The summed E-state index contributed by atoms with van der Waals surface area (Å²) in [4.78, 5) is 0. The lowest BCUT2D eigenvalue weighted by Crippen LogP contribution is -2.70. The third kappa shape index (κ3) is 2.87. The SMILES string of the molecule is CCOC(C)(O)C(N)(c1ccccc1)C(C)(O)OCC. The van der Waals surface area contributed by atoms with Gasteiger partial charge in [0, 0.05) is 13.2 Å². The van der Waals surface area contributed by atoms with Gasteiger partial charge in [-0.3, -0.25) is 0 Å². The first kappa shape index (κ1) is 17.1. The second-order valence-electron chi connectivity index (χ2n) is 5.01. The Morgan fingerprint density at radius 3 is 1.70 bits per heavy atom. The molecule has 20 heavy (non-hydrogen) atoms. The Morgan fingerprint density at radius 2 is 1.35 bits per heavy atom. The lowest BCUT2D eigenvalue weighted by Gasteiger charge is -2.49. The minimum absolute atomic E-state index is 0.251. The van der Waals surface area contributed by atoms with Gasteiger partial charge in [-0.1, -0.05) is 30.3 Å². The van der Waals surface area contributed by atoms with E-state index in [0.717, 1.165) is 0 Å². The van der Waals surface area contributed by atoms with E-state index in [0.29, 0.717) is 5.56 Å². The number of benzene rings is 1. The van der Waals surface area contributed by atoms with Gasteiger partial charge in [0.25, 0.3) is 0 Å². The zero-order chi connectivity index (χ0) is 15.4. The standard InChI is InChI=1S/C15H25NO4/c1-5-19-13(3,17)15(16,14(4,18)20-6-2)12-10-8-7-9-11-12/h7-11,17-18H,5-6,16H2,1-4H3. The van der Waals surface area contributed by atoms with Crippen LogP contribution in [0, 0.1) is 0 Å². The zero-order valence-corrected chi connectivity index (χ0v) is 12.6. The van der Waals surface area contributed by atoms with E-state index < -0.39 is 17.1 Å². The van der Waals surface area contributed by atoms with E-state index in [9.17, 15) is 10.2 Å². The van der Waals surface area contributed by atoms with Crippen molar-refractivity contribution in [1.82, 2.24) is 0 Å². The molecule has 5 heteroatoms. The van der Waals surface area contributed by atoms with Crippen molar-refractivity contribution in [1.29, 1.82) is 0 Å². The second-order valence-corrected chi connectivity index (χ2v) is 5.01. The van der Waals surface area contributed by atoms with Crippen LogP contribution >= 0.6 is 0 Å². The summed E-state index contributed by atoms with van der Waals surface area (Å²) in [5.74, 6) is -3.61. The first-order chi connectivity index (χ1) is 9.23. The van der Waals surface area contributed by atoms with Gasteiger partial charge in [0.15, 0.2) is 11.6 Å². The third-order valence-corrected chi connectivity index (χ3v) is 3.54. The molecule has 0 aliphatic heterocycles. The molecule has 5 nitrogen and oxygen atoms in total. The highest BCUT2D eigenvalue weighted by Crippen LogP contribution is 2.41. The Labute approximate surface area is 120 Å². The largest absolute Gasteiger partial charge is 0.364 e. The van der Waals surface area contributed by atoms with Crippen molar-refractivity contribution < 1.29 is 19.7 Å². The Bertz CT molecular complexity index is 399. The van der Waals surface area contributed by atoms with E-state index in [4.69, 9.17) is 15.2 Å². The van der Waals surface area contributed by atoms with Crippen LogP contribution in [0.5, 0.6) is 0 Å².